The first-order chi connectivity index (χ1) is 12.6. The van der Waals surface area contributed by atoms with E-state index in [1.807, 2.05) is 24.3 Å². The van der Waals surface area contributed by atoms with Crippen LogP contribution in [0.4, 0.5) is 5.69 Å². The lowest BCUT2D eigenvalue weighted by molar-refractivity contribution is -0.141. The number of nitrogens with zero attached hydrogens (tertiary/aromatic N) is 1. The van der Waals surface area contributed by atoms with Crippen molar-refractivity contribution in [2.24, 2.45) is 5.92 Å². The highest BCUT2D eigenvalue weighted by Gasteiger charge is 2.32. The van der Waals surface area contributed by atoms with E-state index < -0.39 is 11.9 Å². The minimum atomic E-state index is -0.831. The van der Waals surface area contributed by atoms with E-state index >= 15 is 0 Å². The van der Waals surface area contributed by atoms with Crippen LogP contribution in [-0.4, -0.2) is 23.5 Å². The van der Waals surface area contributed by atoms with E-state index in [9.17, 15) is 14.7 Å². The average Bonchev–Trinajstić information content (AvgIpc) is 3.08. The van der Waals surface area contributed by atoms with Gasteiger partial charge in [0.05, 0.1) is 5.92 Å². The highest BCUT2D eigenvalue weighted by Crippen LogP contribution is 2.37. The van der Waals surface area contributed by atoms with Crippen LogP contribution < -0.4 is 4.90 Å². The third-order valence-electron chi connectivity index (χ3n) is 5.77. The van der Waals surface area contributed by atoms with Crippen LogP contribution in [0.25, 0.3) is 0 Å². The third-order valence-corrected chi connectivity index (χ3v) is 5.77. The number of carboxylic acid groups (broad SMARTS) is 1. The molecule has 4 rings (SSSR count). The lowest BCUT2D eigenvalue weighted by atomic mass is 9.91. The fourth-order valence-corrected chi connectivity index (χ4v) is 4.37. The van der Waals surface area contributed by atoms with E-state index in [2.05, 4.69) is 24.3 Å². The number of para-hydroxylation sites is 1. The zero-order valence-electron chi connectivity index (χ0n) is 14.7. The Morgan fingerprint density at radius 2 is 1.77 bits per heavy atom. The van der Waals surface area contributed by atoms with Crippen LogP contribution in [0.5, 0.6) is 0 Å². The van der Waals surface area contributed by atoms with Crippen LogP contribution in [0.2, 0.25) is 0 Å². The van der Waals surface area contributed by atoms with Gasteiger partial charge >= 0.3 is 5.97 Å². The number of rotatable bonds is 4. The number of anilines is 1. The van der Waals surface area contributed by atoms with Crippen molar-refractivity contribution in [3.8, 4) is 0 Å². The summed E-state index contributed by atoms with van der Waals surface area (Å²) in [6, 6.07) is 16.2. The number of carbonyl (C=O) groups excluding carboxylic acids is 1. The van der Waals surface area contributed by atoms with Crippen molar-refractivity contribution in [3.63, 3.8) is 0 Å². The summed E-state index contributed by atoms with van der Waals surface area (Å²) < 4.78 is 0. The monoisotopic (exact) mass is 349 g/mol. The van der Waals surface area contributed by atoms with E-state index in [1.54, 1.807) is 4.90 Å². The van der Waals surface area contributed by atoms with Crippen LogP contribution in [0.1, 0.15) is 41.9 Å². The molecule has 2 aromatic carbocycles. The van der Waals surface area contributed by atoms with Gasteiger partial charge in [0.15, 0.2) is 0 Å². The van der Waals surface area contributed by atoms with Crippen LogP contribution in [-0.2, 0) is 22.4 Å². The minimum Gasteiger partial charge on any atom is -0.481 e. The highest BCUT2D eigenvalue weighted by atomic mass is 16.4. The molecule has 2 atom stereocenters. The molecule has 4 heteroatoms. The van der Waals surface area contributed by atoms with Crippen LogP contribution >= 0.6 is 0 Å². The van der Waals surface area contributed by atoms with Gasteiger partial charge in [-0.05, 0) is 54.4 Å². The Labute approximate surface area is 153 Å². The second kappa shape index (κ2) is 6.94. The van der Waals surface area contributed by atoms with Gasteiger partial charge in [-0.1, -0.05) is 42.5 Å². The van der Waals surface area contributed by atoms with Gasteiger partial charge in [-0.2, -0.15) is 0 Å². The maximum Gasteiger partial charge on any atom is 0.308 e. The second-order valence-corrected chi connectivity index (χ2v) is 7.35. The van der Waals surface area contributed by atoms with Crippen LogP contribution in [0.3, 0.4) is 0 Å². The van der Waals surface area contributed by atoms with Gasteiger partial charge < -0.3 is 10.0 Å². The molecule has 1 amide bonds. The Hall–Kier alpha value is -2.62. The Balaban J connectivity index is 1.48. The maximum atomic E-state index is 12.9. The molecule has 0 fully saturated rings. The molecular weight excluding hydrogens is 326 g/mol. The van der Waals surface area contributed by atoms with Crippen molar-refractivity contribution >= 4 is 17.6 Å². The third kappa shape index (κ3) is 3.12. The van der Waals surface area contributed by atoms with Crippen molar-refractivity contribution in [1.82, 2.24) is 0 Å². The second-order valence-electron chi connectivity index (χ2n) is 7.35. The molecule has 0 aromatic heterocycles. The van der Waals surface area contributed by atoms with Gasteiger partial charge in [0.1, 0.15) is 0 Å². The van der Waals surface area contributed by atoms with Crippen LogP contribution in [0, 0.1) is 5.92 Å². The minimum absolute atomic E-state index is 0.0350. The van der Waals surface area contributed by atoms with Crippen LogP contribution in [0.15, 0.2) is 48.5 Å². The molecule has 1 heterocycles. The molecule has 2 aromatic rings. The average molecular weight is 349 g/mol. The Bertz CT molecular complexity index is 845. The Morgan fingerprint density at radius 3 is 2.58 bits per heavy atom. The summed E-state index contributed by atoms with van der Waals surface area (Å²) in [5.41, 5.74) is 4.61. The van der Waals surface area contributed by atoms with Crippen molar-refractivity contribution in [2.45, 2.75) is 38.0 Å². The largest absolute Gasteiger partial charge is 0.481 e. The summed E-state index contributed by atoms with van der Waals surface area (Å²) in [7, 11) is 0. The number of benzene rings is 2. The molecule has 0 bridgehead atoms. The van der Waals surface area contributed by atoms with Gasteiger partial charge in [0.2, 0.25) is 5.91 Å². The molecule has 0 saturated carbocycles. The zero-order chi connectivity index (χ0) is 18.1. The summed E-state index contributed by atoms with van der Waals surface area (Å²) in [4.78, 5) is 26.1. The highest BCUT2D eigenvalue weighted by molar-refractivity contribution is 5.95. The van der Waals surface area contributed by atoms with E-state index in [0.29, 0.717) is 18.8 Å². The number of hydrogen-bond donors (Lipinski definition) is 1. The van der Waals surface area contributed by atoms with Crippen molar-refractivity contribution in [3.05, 3.63) is 65.2 Å². The predicted octanol–water partition coefficient (Wildman–Crippen LogP) is 3.79. The van der Waals surface area contributed by atoms with E-state index in [0.717, 1.165) is 30.5 Å². The topological polar surface area (TPSA) is 57.6 Å². The smallest absolute Gasteiger partial charge is 0.308 e. The van der Waals surface area contributed by atoms with E-state index in [4.69, 9.17) is 0 Å². The fraction of sp³-hybridized carbons (Fsp3) is 0.364. The van der Waals surface area contributed by atoms with Gasteiger partial charge in [0, 0.05) is 18.7 Å². The molecule has 1 aliphatic heterocycles. The molecule has 1 N–H and O–H groups in total. The van der Waals surface area contributed by atoms with Gasteiger partial charge in [-0.15, -0.1) is 0 Å². The lowest BCUT2D eigenvalue weighted by Crippen LogP contribution is -2.42. The van der Waals surface area contributed by atoms with E-state index in [-0.39, 0.29) is 12.5 Å². The Morgan fingerprint density at radius 1 is 1.04 bits per heavy atom. The summed E-state index contributed by atoms with van der Waals surface area (Å²) >= 11 is 0. The first kappa shape index (κ1) is 16.8. The first-order valence-corrected chi connectivity index (χ1v) is 9.32. The summed E-state index contributed by atoms with van der Waals surface area (Å²) in [5.74, 6) is -0.888. The first-order valence-electron chi connectivity index (χ1n) is 9.32. The van der Waals surface area contributed by atoms with E-state index in [1.165, 1.54) is 11.1 Å². The summed E-state index contributed by atoms with van der Waals surface area (Å²) in [5, 5.41) is 9.44. The van der Waals surface area contributed by atoms with Gasteiger partial charge in [-0.3, -0.25) is 9.59 Å². The standard InChI is InChI=1S/C22H23NO3/c24-21(12-11-16-10-9-15-5-1-3-7-19(15)16)23-14-18(22(25)26)13-17-6-2-4-8-20(17)23/h1-8,16,18H,9-14H2,(H,25,26). The number of aryl methyl sites for hydroxylation is 1. The fourth-order valence-electron chi connectivity index (χ4n) is 4.37. The lowest BCUT2D eigenvalue weighted by Gasteiger charge is -2.33. The molecular formula is C22H23NO3. The number of carbonyl (C=O) groups is 2. The molecule has 0 radical (unpaired) electrons. The number of hydrogen-bond acceptors (Lipinski definition) is 2. The summed E-state index contributed by atoms with van der Waals surface area (Å²) in [6.45, 7) is 0.270. The van der Waals surface area contributed by atoms with Crippen molar-refractivity contribution < 1.29 is 14.7 Å². The number of fused-ring (bicyclic) bond motifs is 2. The molecule has 0 spiro atoms. The zero-order valence-corrected chi connectivity index (χ0v) is 14.7. The van der Waals surface area contributed by atoms with Gasteiger partial charge in [-0.25, -0.2) is 0 Å². The maximum absolute atomic E-state index is 12.9. The van der Waals surface area contributed by atoms with Crippen molar-refractivity contribution in [2.75, 3.05) is 11.4 Å². The molecule has 0 saturated heterocycles. The number of carboxylic acids is 1. The number of aliphatic carboxylic acids is 1. The molecule has 2 aliphatic rings. The normalized spacial score (nSPS) is 21.2. The predicted molar refractivity (Wildman–Crippen MR) is 100 cm³/mol. The Kier molecular flexibility index (Phi) is 4.49. The molecule has 2 unspecified atom stereocenters. The van der Waals surface area contributed by atoms with Gasteiger partial charge in [0.25, 0.3) is 0 Å². The van der Waals surface area contributed by atoms with Crippen molar-refractivity contribution in [1.29, 1.82) is 0 Å². The number of amides is 1. The summed E-state index contributed by atoms with van der Waals surface area (Å²) in [6.07, 6.45) is 3.96. The molecule has 26 heavy (non-hydrogen) atoms. The molecule has 1 aliphatic carbocycles. The SMILES string of the molecule is O=C(O)C1Cc2ccccc2N(C(=O)CCC2CCc3ccccc32)C1. The molecule has 134 valence electrons. The quantitative estimate of drug-likeness (QED) is 0.914. The molecule has 4 nitrogen and oxygen atoms in total.